The number of amides is 1. The fourth-order valence-electron chi connectivity index (χ4n) is 4.00. The molecule has 176 valence electrons. The van der Waals surface area contributed by atoms with E-state index in [1.165, 1.54) is 17.0 Å². The molecule has 0 spiro atoms. The molecule has 0 unspecified atom stereocenters. The molecule has 1 aliphatic heterocycles. The van der Waals surface area contributed by atoms with E-state index in [0.717, 1.165) is 10.9 Å². The summed E-state index contributed by atoms with van der Waals surface area (Å²) in [6.07, 6.45) is -3.87. The summed E-state index contributed by atoms with van der Waals surface area (Å²) in [7, 11) is 0. The molecule has 2 heterocycles. The number of benzene rings is 2. The zero-order chi connectivity index (χ0) is 24.3. The number of alkyl halides is 3. The summed E-state index contributed by atoms with van der Waals surface area (Å²) in [5.74, 6) is 4.58. The number of carboxylic acid groups (broad SMARTS) is 1. The van der Waals surface area contributed by atoms with Gasteiger partial charge in [0, 0.05) is 29.6 Å². The lowest BCUT2D eigenvalue weighted by atomic mass is 9.87. The highest BCUT2D eigenvalue weighted by Crippen LogP contribution is 2.26. The lowest BCUT2D eigenvalue weighted by Gasteiger charge is -2.39. The summed E-state index contributed by atoms with van der Waals surface area (Å²) in [5.41, 5.74) is 0.772. The summed E-state index contributed by atoms with van der Waals surface area (Å²) in [6.45, 7) is -0.763. The van der Waals surface area contributed by atoms with Gasteiger partial charge in [-0.3, -0.25) is 9.69 Å². The van der Waals surface area contributed by atoms with Crippen LogP contribution in [0.1, 0.15) is 39.3 Å². The lowest BCUT2D eigenvalue weighted by molar-refractivity contribution is -0.148. The van der Waals surface area contributed by atoms with Crippen LogP contribution in [0.25, 0.3) is 10.9 Å². The maximum absolute atomic E-state index is 13.1. The number of carbonyl (C=O) groups excluding carboxylic acids is 1. The van der Waals surface area contributed by atoms with Crippen molar-refractivity contribution < 1.29 is 27.9 Å². The van der Waals surface area contributed by atoms with Gasteiger partial charge in [0.2, 0.25) is 0 Å². The topological polar surface area (TPSA) is 85.4 Å². The minimum Gasteiger partial charge on any atom is -0.478 e. The molecule has 0 aliphatic carbocycles. The van der Waals surface area contributed by atoms with Gasteiger partial charge < -0.3 is 15.4 Å². The number of halogens is 3. The van der Waals surface area contributed by atoms with E-state index in [1.54, 1.807) is 18.2 Å². The molecule has 2 aromatic carbocycles. The van der Waals surface area contributed by atoms with Crippen molar-refractivity contribution in [2.24, 2.45) is 0 Å². The van der Waals surface area contributed by atoms with Crippen molar-refractivity contribution in [1.29, 1.82) is 0 Å². The summed E-state index contributed by atoms with van der Waals surface area (Å²) in [4.78, 5) is 28.5. The van der Waals surface area contributed by atoms with Crippen LogP contribution in [0.5, 0.6) is 0 Å². The Morgan fingerprint density at radius 1 is 1.09 bits per heavy atom. The molecule has 9 heteroatoms. The molecular weight excluding hydrogens is 447 g/mol. The fourth-order valence-corrected chi connectivity index (χ4v) is 4.00. The number of aromatic nitrogens is 1. The predicted molar refractivity (Wildman–Crippen MR) is 121 cm³/mol. The third-order valence-electron chi connectivity index (χ3n) is 5.82. The second kappa shape index (κ2) is 9.23. The summed E-state index contributed by atoms with van der Waals surface area (Å²) in [6, 6.07) is 15.1. The molecule has 3 aromatic rings. The summed E-state index contributed by atoms with van der Waals surface area (Å²) >= 11 is 0. The van der Waals surface area contributed by atoms with Crippen molar-refractivity contribution in [2.75, 3.05) is 19.6 Å². The smallest absolute Gasteiger partial charge is 0.401 e. The number of aromatic carboxylic acids is 1. The van der Waals surface area contributed by atoms with Crippen LogP contribution in [0.4, 0.5) is 13.2 Å². The van der Waals surface area contributed by atoms with Crippen molar-refractivity contribution in [3.8, 4) is 11.8 Å². The molecule has 0 radical (unpaired) electrons. The number of para-hydroxylation sites is 1. The van der Waals surface area contributed by atoms with Crippen molar-refractivity contribution in [3.63, 3.8) is 0 Å². The van der Waals surface area contributed by atoms with E-state index in [2.05, 4.69) is 22.1 Å². The first-order chi connectivity index (χ1) is 16.1. The number of H-pyrrole nitrogens is 1. The van der Waals surface area contributed by atoms with Crippen LogP contribution < -0.4 is 5.32 Å². The zero-order valence-corrected chi connectivity index (χ0v) is 18.1. The van der Waals surface area contributed by atoms with Crippen LogP contribution in [-0.2, 0) is 0 Å². The molecule has 1 fully saturated rings. The Labute approximate surface area is 193 Å². The number of nitrogens with zero attached hydrogens (tertiary/aromatic N) is 1. The van der Waals surface area contributed by atoms with E-state index in [1.807, 2.05) is 24.3 Å². The molecule has 3 N–H and O–H groups in total. The van der Waals surface area contributed by atoms with Crippen molar-refractivity contribution >= 4 is 22.8 Å². The molecule has 0 saturated carbocycles. The van der Waals surface area contributed by atoms with E-state index >= 15 is 0 Å². The molecule has 0 atom stereocenters. The Bertz CT molecular complexity index is 1230. The van der Waals surface area contributed by atoms with Crippen LogP contribution in [0.3, 0.4) is 0 Å². The molecule has 1 amide bonds. The highest BCUT2D eigenvalue weighted by atomic mass is 19.4. The number of fused-ring (bicyclic) bond motifs is 1. The van der Waals surface area contributed by atoms with Gasteiger partial charge in [-0.1, -0.05) is 30.0 Å². The van der Waals surface area contributed by atoms with Crippen LogP contribution in [0, 0.1) is 11.8 Å². The van der Waals surface area contributed by atoms with E-state index in [-0.39, 0.29) is 31.5 Å². The first-order valence-electron chi connectivity index (χ1n) is 10.7. The molecule has 1 aromatic heterocycles. The number of carbonyl (C=O) groups is 2. The minimum absolute atomic E-state index is 0.118. The average Bonchev–Trinajstić information content (AvgIpc) is 3.23. The predicted octanol–water partition coefficient (Wildman–Crippen LogP) is 4.04. The van der Waals surface area contributed by atoms with Crippen LogP contribution in [0.15, 0.2) is 54.6 Å². The van der Waals surface area contributed by atoms with E-state index in [4.69, 9.17) is 5.11 Å². The maximum Gasteiger partial charge on any atom is 0.401 e. The number of carboxylic acids is 1. The van der Waals surface area contributed by atoms with Gasteiger partial charge in [0.25, 0.3) is 5.91 Å². The van der Waals surface area contributed by atoms with Gasteiger partial charge in [-0.15, -0.1) is 0 Å². The van der Waals surface area contributed by atoms with E-state index < -0.39 is 30.1 Å². The van der Waals surface area contributed by atoms with E-state index in [9.17, 15) is 22.8 Å². The van der Waals surface area contributed by atoms with Gasteiger partial charge in [0.15, 0.2) is 0 Å². The highest BCUT2D eigenvalue weighted by molar-refractivity contribution is 5.98. The first-order valence-corrected chi connectivity index (χ1v) is 10.7. The number of rotatable bonds is 4. The number of hydrogen-bond donors (Lipinski definition) is 3. The number of aromatic amines is 1. The Morgan fingerprint density at radius 3 is 2.38 bits per heavy atom. The van der Waals surface area contributed by atoms with Gasteiger partial charge >= 0.3 is 12.1 Å². The van der Waals surface area contributed by atoms with Gasteiger partial charge in [0.05, 0.1) is 12.1 Å². The molecule has 34 heavy (non-hydrogen) atoms. The monoisotopic (exact) mass is 469 g/mol. The zero-order valence-electron chi connectivity index (χ0n) is 18.1. The Hall–Kier alpha value is -3.77. The lowest BCUT2D eigenvalue weighted by Crippen LogP contribution is -2.55. The van der Waals surface area contributed by atoms with Gasteiger partial charge in [-0.2, -0.15) is 13.2 Å². The van der Waals surface area contributed by atoms with Crippen LogP contribution >= 0.6 is 0 Å². The quantitative estimate of drug-likeness (QED) is 0.504. The molecule has 0 bridgehead atoms. The number of piperidine rings is 1. The van der Waals surface area contributed by atoms with Gasteiger partial charge in [-0.05, 0) is 49.2 Å². The average molecular weight is 469 g/mol. The second-order valence-corrected chi connectivity index (χ2v) is 8.33. The fraction of sp³-hybridized carbons (Fsp3) is 0.280. The molecule has 1 saturated heterocycles. The van der Waals surface area contributed by atoms with Gasteiger partial charge in [-0.25, -0.2) is 4.79 Å². The minimum atomic E-state index is -4.30. The highest BCUT2D eigenvalue weighted by Gasteiger charge is 2.39. The second-order valence-electron chi connectivity index (χ2n) is 8.33. The third kappa shape index (κ3) is 5.58. The SMILES string of the molecule is O=C(O)c1ccc(C#CC2(NC(=O)c3cc4ccccc4[nH]3)CCN(CC(F)(F)F)CC2)cc1. The van der Waals surface area contributed by atoms with E-state index in [0.29, 0.717) is 11.3 Å². The van der Waals surface area contributed by atoms with Gasteiger partial charge in [0.1, 0.15) is 11.2 Å². The molecule has 4 rings (SSSR count). The van der Waals surface area contributed by atoms with Crippen LogP contribution in [-0.4, -0.2) is 58.2 Å². The summed E-state index contributed by atoms with van der Waals surface area (Å²) < 4.78 is 38.5. The molecule has 1 aliphatic rings. The number of hydrogen-bond acceptors (Lipinski definition) is 3. The Balaban J connectivity index is 1.58. The summed E-state index contributed by atoms with van der Waals surface area (Å²) in [5, 5.41) is 12.9. The van der Waals surface area contributed by atoms with Crippen molar-refractivity contribution in [3.05, 3.63) is 71.4 Å². The molecule has 6 nitrogen and oxygen atoms in total. The van der Waals surface area contributed by atoms with Crippen LogP contribution in [0.2, 0.25) is 0 Å². The molecular formula is C25H22F3N3O3. The Kier molecular flexibility index (Phi) is 6.35. The largest absolute Gasteiger partial charge is 0.478 e. The number of nitrogens with one attached hydrogen (secondary N) is 2. The third-order valence-corrected chi connectivity index (χ3v) is 5.82. The first kappa shape index (κ1) is 23.4. The Morgan fingerprint density at radius 2 is 1.76 bits per heavy atom. The van der Waals surface area contributed by atoms with Crippen molar-refractivity contribution in [1.82, 2.24) is 15.2 Å². The number of likely N-dealkylation sites (tertiary alicyclic amines) is 1. The normalized spacial score (nSPS) is 16.0. The standard InChI is InChI=1S/C25H22F3N3O3/c26-25(27,28)16-31-13-11-24(12-14-31,10-9-17-5-7-18(8-6-17)23(33)34)30-22(32)21-15-19-3-1-2-4-20(19)29-21/h1-8,15,29H,11-14,16H2,(H,30,32)(H,33,34). The van der Waals surface area contributed by atoms with Crippen molar-refractivity contribution in [2.45, 2.75) is 24.6 Å². The maximum atomic E-state index is 13.1.